The Balaban J connectivity index is 1.91. The maximum Gasteiger partial charge on any atom is 0.171 e. The van der Waals surface area contributed by atoms with E-state index >= 15 is 0 Å². The van der Waals surface area contributed by atoms with Gasteiger partial charge in [0.1, 0.15) is 0 Å². The van der Waals surface area contributed by atoms with Gasteiger partial charge in [-0.2, -0.15) is 0 Å². The van der Waals surface area contributed by atoms with Gasteiger partial charge in [0.15, 0.2) is 5.11 Å². The zero-order chi connectivity index (χ0) is 14.4. The second kappa shape index (κ2) is 4.72. The van der Waals surface area contributed by atoms with E-state index in [9.17, 15) is 0 Å². The average molecular weight is 309 g/mol. The van der Waals surface area contributed by atoms with Gasteiger partial charge in [0.2, 0.25) is 0 Å². The Morgan fingerprint density at radius 1 is 1.00 bits per heavy atom. The molecule has 21 heavy (non-hydrogen) atoms. The molecular formula is C16H11N3S2. The number of aromatic nitrogens is 1. The lowest BCUT2D eigenvalue weighted by atomic mass is 9.96. The Morgan fingerprint density at radius 2 is 1.81 bits per heavy atom. The van der Waals surface area contributed by atoms with Crippen LogP contribution in [-0.2, 0) is 0 Å². The standard InChI is InChI=1S/C16H11N3S2/c20-15-11-6-2-1-5-10(11)14-12(15)13(18-16(21)19-14)9-4-3-7-17-8-9/h1-8,13H,(H2,18,19,21). The number of nitrogens with one attached hydrogen (secondary N) is 2. The van der Waals surface area contributed by atoms with Crippen molar-refractivity contribution in [3.8, 4) is 0 Å². The van der Waals surface area contributed by atoms with Gasteiger partial charge in [0.25, 0.3) is 0 Å². The molecule has 2 N–H and O–H groups in total. The molecule has 2 heterocycles. The molecule has 4 rings (SSSR count). The van der Waals surface area contributed by atoms with Crippen LogP contribution >= 0.6 is 24.4 Å². The number of rotatable bonds is 1. The summed E-state index contributed by atoms with van der Waals surface area (Å²) < 4.78 is 0. The van der Waals surface area contributed by atoms with Crippen molar-refractivity contribution in [2.45, 2.75) is 6.04 Å². The molecular weight excluding hydrogens is 298 g/mol. The molecule has 0 radical (unpaired) electrons. The van der Waals surface area contributed by atoms with Crippen LogP contribution in [-0.4, -0.2) is 15.0 Å². The fourth-order valence-corrected chi connectivity index (χ4v) is 3.48. The van der Waals surface area contributed by atoms with Gasteiger partial charge >= 0.3 is 0 Å². The van der Waals surface area contributed by atoms with Gasteiger partial charge < -0.3 is 10.6 Å². The van der Waals surface area contributed by atoms with Crippen LogP contribution in [0, 0.1) is 0 Å². The van der Waals surface area contributed by atoms with Gasteiger partial charge in [-0.05, 0) is 23.8 Å². The average Bonchev–Trinajstić information content (AvgIpc) is 2.81. The Morgan fingerprint density at radius 3 is 2.57 bits per heavy atom. The molecule has 0 amide bonds. The van der Waals surface area contributed by atoms with Crippen LogP contribution < -0.4 is 10.6 Å². The summed E-state index contributed by atoms with van der Waals surface area (Å²) in [7, 11) is 0. The zero-order valence-electron chi connectivity index (χ0n) is 11.0. The van der Waals surface area contributed by atoms with E-state index in [1.807, 2.05) is 30.5 Å². The minimum atomic E-state index is -0.0534. The van der Waals surface area contributed by atoms with Crippen LogP contribution in [0.5, 0.6) is 0 Å². The molecule has 1 aromatic carbocycles. The first-order chi connectivity index (χ1) is 10.3. The van der Waals surface area contributed by atoms with Crippen molar-refractivity contribution in [1.82, 2.24) is 15.6 Å². The van der Waals surface area contributed by atoms with Crippen molar-refractivity contribution < 1.29 is 0 Å². The second-order valence-corrected chi connectivity index (χ2v) is 5.80. The summed E-state index contributed by atoms with van der Waals surface area (Å²) in [5, 5.41) is 7.17. The molecule has 5 heteroatoms. The molecule has 0 fully saturated rings. The van der Waals surface area contributed by atoms with Gasteiger partial charge in [-0.3, -0.25) is 4.98 Å². The topological polar surface area (TPSA) is 37.0 Å². The van der Waals surface area contributed by atoms with E-state index in [0.717, 1.165) is 32.8 Å². The Kier molecular flexibility index (Phi) is 2.83. The van der Waals surface area contributed by atoms with Gasteiger partial charge in [0, 0.05) is 29.1 Å². The first-order valence-electron chi connectivity index (χ1n) is 6.61. The highest BCUT2D eigenvalue weighted by atomic mass is 32.1. The summed E-state index contributed by atoms with van der Waals surface area (Å²) in [4.78, 5) is 5.08. The van der Waals surface area contributed by atoms with E-state index in [1.54, 1.807) is 6.20 Å². The van der Waals surface area contributed by atoms with Crippen molar-refractivity contribution >= 4 is 40.1 Å². The predicted molar refractivity (Wildman–Crippen MR) is 90.9 cm³/mol. The molecule has 0 spiro atoms. The zero-order valence-corrected chi connectivity index (χ0v) is 12.6. The van der Waals surface area contributed by atoms with E-state index in [-0.39, 0.29) is 6.04 Å². The van der Waals surface area contributed by atoms with Crippen LogP contribution in [0.25, 0.3) is 5.70 Å². The summed E-state index contributed by atoms with van der Waals surface area (Å²) in [6.07, 6.45) is 3.61. The van der Waals surface area contributed by atoms with E-state index in [2.05, 4.69) is 27.8 Å². The summed E-state index contributed by atoms with van der Waals surface area (Å²) in [6.45, 7) is 0. The van der Waals surface area contributed by atoms with Crippen molar-refractivity contribution in [2.24, 2.45) is 0 Å². The van der Waals surface area contributed by atoms with E-state index < -0.39 is 0 Å². The highest BCUT2D eigenvalue weighted by Crippen LogP contribution is 2.40. The lowest BCUT2D eigenvalue weighted by molar-refractivity contribution is 0.745. The third-order valence-electron chi connectivity index (χ3n) is 3.78. The van der Waals surface area contributed by atoms with E-state index in [4.69, 9.17) is 24.4 Å². The Hall–Kier alpha value is -2.11. The fourth-order valence-electron chi connectivity index (χ4n) is 2.86. The quantitative estimate of drug-likeness (QED) is 0.792. The van der Waals surface area contributed by atoms with E-state index in [1.165, 1.54) is 0 Å². The number of benzene rings is 1. The maximum absolute atomic E-state index is 5.69. The number of nitrogens with zero attached hydrogens (tertiary/aromatic N) is 1. The monoisotopic (exact) mass is 309 g/mol. The van der Waals surface area contributed by atoms with Crippen molar-refractivity contribution in [2.75, 3.05) is 0 Å². The van der Waals surface area contributed by atoms with Crippen LogP contribution in [0.15, 0.2) is 54.4 Å². The minimum Gasteiger partial charge on any atom is -0.351 e. The Labute approximate surface area is 133 Å². The second-order valence-electron chi connectivity index (χ2n) is 4.98. The predicted octanol–water partition coefficient (Wildman–Crippen LogP) is 2.74. The number of fused-ring (bicyclic) bond motifs is 2. The molecule has 1 aliphatic carbocycles. The lowest BCUT2D eigenvalue weighted by Gasteiger charge is -2.29. The summed E-state index contributed by atoms with van der Waals surface area (Å²) in [5.41, 5.74) is 5.37. The van der Waals surface area contributed by atoms with Crippen LogP contribution in [0.3, 0.4) is 0 Å². The summed E-state index contributed by atoms with van der Waals surface area (Å²) >= 11 is 11.0. The third-order valence-corrected chi connectivity index (χ3v) is 4.44. The molecule has 2 aliphatic rings. The summed E-state index contributed by atoms with van der Waals surface area (Å²) in [5.74, 6) is 0. The SMILES string of the molecule is S=C1NC2=C(C(=S)c3ccccc32)C(c2cccnc2)N1. The fraction of sp³-hybridized carbons (Fsp3) is 0.0625. The van der Waals surface area contributed by atoms with Gasteiger partial charge in [-0.15, -0.1) is 0 Å². The molecule has 1 aromatic heterocycles. The van der Waals surface area contributed by atoms with Gasteiger partial charge in [0.05, 0.1) is 16.6 Å². The minimum absolute atomic E-state index is 0.0534. The lowest BCUT2D eigenvalue weighted by Crippen LogP contribution is -2.43. The van der Waals surface area contributed by atoms with Crippen LogP contribution in [0.2, 0.25) is 0 Å². The highest BCUT2D eigenvalue weighted by molar-refractivity contribution is 7.81. The normalized spacial score (nSPS) is 19.7. The van der Waals surface area contributed by atoms with Gasteiger partial charge in [-0.25, -0.2) is 0 Å². The molecule has 102 valence electrons. The molecule has 1 aliphatic heterocycles. The first-order valence-corrected chi connectivity index (χ1v) is 7.43. The molecule has 0 saturated heterocycles. The smallest absolute Gasteiger partial charge is 0.171 e. The number of thiocarbonyl (C=S) groups is 2. The highest BCUT2D eigenvalue weighted by Gasteiger charge is 2.36. The maximum atomic E-state index is 5.69. The van der Waals surface area contributed by atoms with Gasteiger partial charge in [-0.1, -0.05) is 42.5 Å². The molecule has 1 unspecified atom stereocenters. The van der Waals surface area contributed by atoms with Crippen molar-refractivity contribution in [1.29, 1.82) is 0 Å². The van der Waals surface area contributed by atoms with Crippen LogP contribution in [0.1, 0.15) is 22.7 Å². The molecule has 1 atom stereocenters. The molecule has 0 bridgehead atoms. The number of pyridine rings is 1. The van der Waals surface area contributed by atoms with E-state index in [0.29, 0.717) is 5.11 Å². The number of hydrogen-bond acceptors (Lipinski definition) is 3. The van der Waals surface area contributed by atoms with Crippen molar-refractivity contribution in [3.05, 3.63) is 71.1 Å². The largest absolute Gasteiger partial charge is 0.351 e. The Bertz CT molecular complexity index is 796. The molecule has 3 nitrogen and oxygen atoms in total. The molecule has 2 aromatic rings. The number of hydrogen-bond donors (Lipinski definition) is 2. The molecule has 0 saturated carbocycles. The van der Waals surface area contributed by atoms with Crippen LogP contribution in [0.4, 0.5) is 0 Å². The van der Waals surface area contributed by atoms with Crippen molar-refractivity contribution in [3.63, 3.8) is 0 Å². The first kappa shape index (κ1) is 12.6. The third kappa shape index (κ3) is 1.89. The summed E-state index contributed by atoms with van der Waals surface area (Å²) in [6, 6.07) is 12.1.